The van der Waals surface area contributed by atoms with Gasteiger partial charge in [-0.2, -0.15) is 0 Å². The molecule has 0 aliphatic rings. The Balaban J connectivity index is 1.98. The van der Waals surface area contributed by atoms with Gasteiger partial charge in [-0.05, 0) is 43.4 Å². The molecule has 2 nitrogen and oxygen atoms in total. The molecule has 3 rings (SSSR count). The van der Waals surface area contributed by atoms with E-state index in [1.54, 1.807) is 11.3 Å². The molecule has 3 heteroatoms. The fourth-order valence-corrected chi connectivity index (χ4v) is 3.92. The van der Waals surface area contributed by atoms with Crippen LogP contribution in [0.5, 0.6) is 11.5 Å². The summed E-state index contributed by atoms with van der Waals surface area (Å²) in [6.45, 7) is 2.21. The Labute approximate surface area is 136 Å². The maximum absolute atomic E-state index is 6.28. The van der Waals surface area contributed by atoms with Crippen molar-refractivity contribution in [2.45, 2.75) is 19.4 Å². The number of rotatable bonds is 5. The first kappa shape index (κ1) is 15.1. The summed E-state index contributed by atoms with van der Waals surface area (Å²) in [6.07, 6.45) is 1.07. The summed E-state index contributed by atoms with van der Waals surface area (Å²) in [6, 6.07) is 17.0. The largest absolute Gasteiger partial charge is 0.455 e. The number of benzene rings is 2. The zero-order chi connectivity index (χ0) is 15.5. The van der Waals surface area contributed by atoms with Crippen molar-refractivity contribution in [3.8, 4) is 11.5 Å². The lowest BCUT2D eigenvalue weighted by atomic mass is 10.1. The highest BCUT2D eigenvalue weighted by Crippen LogP contribution is 2.39. The number of ether oxygens (including phenoxy) is 1. The van der Waals surface area contributed by atoms with Crippen molar-refractivity contribution in [3.63, 3.8) is 0 Å². The van der Waals surface area contributed by atoms with E-state index in [0.717, 1.165) is 23.3 Å². The topological polar surface area (TPSA) is 12.5 Å². The first-order valence-electron chi connectivity index (χ1n) is 7.60. The number of hydrogen-bond acceptors (Lipinski definition) is 3. The molecule has 0 amide bonds. The van der Waals surface area contributed by atoms with E-state index in [0.29, 0.717) is 6.04 Å². The minimum absolute atomic E-state index is 0.393. The molecule has 0 bridgehead atoms. The van der Waals surface area contributed by atoms with Crippen LogP contribution >= 0.6 is 11.3 Å². The first-order chi connectivity index (χ1) is 10.7. The van der Waals surface area contributed by atoms with Crippen LogP contribution in [0.15, 0.2) is 53.9 Å². The Bertz CT molecular complexity index is 757. The molecular weight excluding hydrogens is 290 g/mol. The summed E-state index contributed by atoms with van der Waals surface area (Å²) >= 11 is 1.77. The smallest absolute Gasteiger partial charge is 0.142 e. The van der Waals surface area contributed by atoms with Gasteiger partial charge in [-0.25, -0.2) is 0 Å². The van der Waals surface area contributed by atoms with Gasteiger partial charge in [0.05, 0.1) is 4.88 Å². The standard InChI is InChI=1S/C19H21NOS/c1-4-16(20(2)3)19-18(12-13-22-19)21-17-11-7-9-14-8-5-6-10-15(14)17/h5-13,16H,4H2,1-3H3/t16-/m0/s1. The van der Waals surface area contributed by atoms with Gasteiger partial charge in [-0.15, -0.1) is 11.3 Å². The average Bonchev–Trinajstić information content (AvgIpc) is 2.96. The van der Waals surface area contributed by atoms with Crippen LogP contribution in [0.2, 0.25) is 0 Å². The molecule has 0 fully saturated rings. The maximum Gasteiger partial charge on any atom is 0.142 e. The second kappa shape index (κ2) is 6.51. The minimum atomic E-state index is 0.393. The minimum Gasteiger partial charge on any atom is -0.455 e. The zero-order valence-electron chi connectivity index (χ0n) is 13.2. The first-order valence-corrected chi connectivity index (χ1v) is 8.48. The molecule has 0 radical (unpaired) electrons. The van der Waals surface area contributed by atoms with Crippen LogP contribution in [-0.2, 0) is 0 Å². The monoisotopic (exact) mass is 311 g/mol. The molecule has 3 aromatic rings. The van der Waals surface area contributed by atoms with E-state index < -0.39 is 0 Å². The molecular formula is C19H21NOS. The van der Waals surface area contributed by atoms with Gasteiger partial charge in [0.25, 0.3) is 0 Å². The lowest BCUT2D eigenvalue weighted by molar-refractivity contribution is 0.290. The molecule has 114 valence electrons. The van der Waals surface area contributed by atoms with E-state index in [9.17, 15) is 0 Å². The van der Waals surface area contributed by atoms with E-state index in [4.69, 9.17) is 4.74 Å². The molecule has 1 atom stereocenters. The Morgan fingerprint density at radius 2 is 1.77 bits per heavy atom. The molecule has 22 heavy (non-hydrogen) atoms. The lowest BCUT2D eigenvalue weighted by Crippen LogP contribution is -2.18. The van der Waals surface area contributed by atoms with E-state index in [-0.39, 0.29) is 0 Å². The van der Waals surface area contributed by atoms with Crippen LogP contribution in [0.4, 0.5) is 0 Å². The van der Waals surface area contributed by atoms with Crippen molar-refractivity contribution in [3.05, 3.63) is 58.8 Å². The Hall–Kier alpha value is -1.84. The average molecular weight is 311 g/mol. The molecule has 0 aliphatic carbocycles. The summed E-state index contributed by atoms with van der Waals surface area (Å²) in [4.78, 5) is 3.54. The predicted octanol–water partition coefficient (Wildman–Crippen LogP) is 5.71. The van der Waals surface area contributed by atoms with Gasteiger partial charge < -0.3 is 9.64 Å². The molecule has 0 saturated heterocycles. The molecule has 0 unspecified atom stereocenters. The predicted molar refractivity (Wildman–Crippen MR) is 95.1 cm³/mol. The van der Waals surface area contributed by atoms with Gasteiger partial charge in [0.2, 0.25) is 0 Å². The van der Waals surface area contributed by atoms with Crippen molar-refractivity contribution in [1.82, 2.24) is 4.90 Å². The highest BCUT2D eigenvalue weighted by atomic mass is 32.1. The van der Waals surface area contributed by atoms with Crippen molar-refractivity contribution in [1.29, 1.82) is 0 Å². The zero-order valence-corrected chi connectivity index (χ0v) is 14.1. The summed E-state index contributed by atoms with van der Waals surface area (Å²) in [5.41, 5.74) is 0. The quantitative estimate of drug-likeness (QED) is 0.598. The fourth-order valence-electron chi connectivity index (χ4n) is 2.82. The third-order valence-electron chi connectivity index (χ3n) is 3.94. The van der Waals surface area contributed by atoms with Crippen molar-refractivity contribution >= 4 is 22.1 Å². The van der Waals surface area contributed by atoms with Crippen LogP contribution in [0.25, 0.3) is 10.8 Å². The fraction of sp³-hybridized carbons (Fsp3) is 0.263. The third-order valence-corrected chi connectivity index (χ3v) is 4.94. The second-order valence-corrected chi connectivity index (χ2v) is 6.56. The van der Waals surface area contributed by atoms with Gasteiger partial charge in [0.1, 0.15) is 11.5 Å². The molecule has 0 aliphatic heterocycles. The molecule has 0 N–H and O–H groups in total. The normalized spacial score (nSPS) is 12.7. The number of hydrogen-bond donors (Lipinski definition) is 0. The van der Waals surface area contributed by atoms with Crippen LogP contribution in [0.1, 0.15) is 24.3 Å². The highest BCUT2D eigenvalue weighted by molar-refractivity contribution is 7.10. The Kier molecular flexibility index (Phi) is 4.46. The van der Waals surface area contributed by atoms with E-state index in [1.807, 2.05) is 12.1 Å². The maximum atomic E-state index is 6.28. The van der Waals surface area contributed by atoms with Crippen molar-refractivity contribution in [2.24, 2.45) is 0 Å². The lowest BCUT2D eigenvalue weighted by Gasteiger charge is -2.23. The number of fused-ring (bicyclic) bond motifs is 1. The van der Waals surface area contributed by atoms with Gasteiger partial charge >= 0.3 is 0 Å². The molecule has 2 aromatic carbocycles. The van der Waals surface area contributed by atoms with Gasteiger partial charge in [0, 0.05) is 11.4 Å². The van der Waals surface area contributed by atoms with Crippen LogP contribution in [-0.4, -0.2) is 19.0 Å². The van der Waals surface area contributed by atoms with Crippen LogP contribution in [0, 0.1) is 0 Å². The SMILES string of the molecule is CC[C@@H](c1sccc1Oc1cccc2ccccc12)N(C)C. The van der Waals surface area contributed by atoms with E-state index in [1.165, 1.54) is 10.3 Å². The van der Waals surface area contributed by atoms with E-state index in [2.05, 4.69) is 67.7 Å². The van der Waals surface area contributed by atoms with Gasteiger partial charge in [0.15, 0.2) is 0 Å². The van der Waals surface area contributed by atoms with Gasteiger partial charge in [-0.1, -0.05) is 43.3 Å². The Morgan fingerprint density at radius 1 is 1.00 bits per heavy atom. The van der Waals surface area contributed by atoms with Crippen LogP contribution < -0.4 is 4.74 Å². The van der Waals surface area contributed by atoms with Gasteiger partial charge in [-0.3, -0.25) is 0 Å². The third kappa shape index (κ3) is 2.87. The van der Waals surface area contributed by atoms with Crippen LogP contribution in [0.3, 0.4) is 0 Å². The molecule has 0 spiro atoms. The number of nitrogens with zero attached hydrogens (tertiary/aromatic N) is 1. The summed E-state index contributed by atoms with van der Waals surface area (Å²) < 4.78 is 6.28. The van der Waals surface area contributed by atoms with E-state index >= 15 is 0 Å². The molecule has 0 saturated carbocycles. The summed E-state index contributed by atoms with van der Waals surface area (Å²) in [5.74, 6) is 1.90. The summed E-state index contributed by atoms with van der Waals surface area (Å²) in [5, 5.41) is 4.47. The summed E-state index contributed by atoms with van der Waals surface area (Å²) in [7, 11) is 4.24. The highest BCUT2D eigenvalue weighted by Gasteiger charge is 2.19. The second-order valence-electron chi connectivity index (χ2n) is 5.62. The molecule has 1 heterocycles. The van der Waals surface area contributed by atoms with Crippen molar-refractivity contribution in [2.75, 3.05) is 14.1 Å². The number of thiophene rings is 1. The Morgan fingerprint density at radius 3 is 2.55 bits per heavy atom. The van der Waals surface area contributed by atoms with Crippen molar-refractivity contribution < 1.29 is 4.74 Å². The molecule has 1 aromatic heterocycles.